The van der Waals surface area contributed by atoms with Crippen molar-refractivity contribution in [3.63, 3.8) is 0 Å². The molecule has 0 spiro atoms. The molecule has 0 saturated carbocycles. The summed E-state index contributed by atoms with van der Waals surface area (Å²) in [6.45, 7) is 0.473. The summed E-state index contributed by atoms with van der Waals surface area (Å²) in [4.78, 5) is 38.5. The highest BCUT2D eigenvalue weighted by atomic mass is 32.1. The minimum Gasteiger partial charge on any atom is -0.370 e. The highest BCUT2D eigenvalue weighted by Crippen LogP contribution is 2.37. The average molecular weight is 453 g/mol. The van der Waals surface area contributed by atoms with Gasteiger partial charge in [0.05, 0.1) is 6.54 Å². The third kappa shape index (κ3) is 4.30. The van der Waals surface area contributed by atoms with Crippen LogP contribution in [0, 0.1) is 5.82 Å². The van der Waals surface area contributed by atoms with Crippen LogP contribution in [0.25, 0.3) is 0 Å². The monoisotopic (exact) mass is 452 g/mol. The van der Waals surface area contributed by atoms with Crippen molar-refractivity contribution in [2.24, 2.45) is 16.5 Å². The van der Waals surface area contributed by atoms with Crippen LogP contribution in [0.5, 0.6) is 0 Å². The second kappa shape index (κ2) is 8.75. The first-order valence-electron chi connectivity index (χ1n) is 9.77. The van der Waals surface area contributed by atoms with Crippen molar-refractivity contribution in [1.29, 1.82) is 0 Å². The summed E-state index contributed by atoms with van der Waals surface area (Å²) < 4.78 is 13.2. The van der Waals surface area contributed by atoms with E-state index in [0.717, 1.165) is 10.4 Å². The quantitative estimate of drug-likeness (QED) is 0.440. The summed E-state index contributed by atoms with van der Waals surface area (Å²) in [7, 11) is 1.67. The van der Waals surface area contributed by atoms with E-state index in [4.69, 9.17) is 11.5 Å². The second-order valence-corrected chi connectivity index (χ2v) is 8.48. The maximum absolute atomic E-state index is 13.5. The number of carbonyl (C=O) groups excluding carboxylic acids is 2. The second-order valence-electron chi connectivity index (χ2n) is 7.39. The number of hydrogen-bond acceptors (Lipinski definition) is 5. The Kier molecular flexibility index (Phi) is 5.87. The Morgan fingerprint density at radius 1 is 1.22 bits per heavy atom. The molecule has 32 heavy (non-hydrogen) atoms. The molecular weight excluding hydrogens is 431 g/mol. The van der Waals surface area contributed by atoms with E-state index in [2.05, 4.69) is 9.98 Å². The highest BCUT2D eigenvalue weighted by Gasteiger charge is 2.42. The third-order valence-corrected chi connectivity index (χ3v) is 5.97. The van der Waals surface area contributed by atoms with Crippen molar-refractivity contribution in [1.82, 2.24) is 14.8 Å². The van der Waals surface area contributed by atoms with Crippen molar-refractivity contribution in [3.8, 4) is 0 Å². The first-order chi connectivity index (χ1) is 15.3. The van der Waals surface area contributed by atoms with Crippen LogP contribution in [-0.2, 0) is 17.9 Å². The van der Waals surface area contributed by atoms with Crippen molar-refractivity contribution in [2.45, 2.75) is 19.1 Å². The number of aromatic nitrogens is 1. The van der Waals surface area contributed by atoms with Crippen LogP contribution in [0.1, 0.15) is 32.4 Å². The number of fused-ring (bicyclic) bond motifs is 1. The zero-order valence-electron chi connectivity index (χ0n) is 17.2. The molecule has 164 valence electrons. The summed E-state index contributed by atoms with van der Waals surface area (Å²) in [5, 5.41) is 0.375. The lowest BCUT2D eigenvalue weighted by molar-refractivity contribution is -0.135. The molecule has 0 saturated heterocycles. The number of likely N-dealkylation sites (N-methyl/N-ethyl adjacent to an activating group) is 1. The Morgan fingerprint density at radius 2 is 1.94 bits per heavy atom. The Balaban J connectivity index is 1.61. The van der Waals surface area contributed by atoms with E-state index >= 15 is 0 Å². The van der Waals surface area contributed by atoms with E-state index in [1.807, 2.05) is 0 Å². The fourth-order valence-corrected chi connectivity index (χ4v) is 4.45. The molecule has 1 aromatic heterocycles. The molecule has 0 bridgehead atoms. The van der Waals surface area contributed by atoms with Gasteiger partial charge in [-0.3, -0.25) is 9.59 Å². The zero-order valence-corrected chi connectivity index (χ0v) is 18.1. The molecule has 0 fully saturated rings. The van der Waals surface area contributed by atoms with Gasteiger partial charge in [0, 0.05) is 30.2 Å². The highest BCUT2D eigenvalue weighted by molar-refractivity contribution is 7.15. The number of carbonyl (C=O) groups is 2. The summed E-state index contributed by atoms with van der Waals surface area (Å²) >= 11 is 1.24. The number of aliphatic imine (C=N–C) groups is 1. The van der Waals surface area contributed by atoms with Gasteiger partial charge < -0.3 is 21.3 Å². The number of guanidine groups is 1. The molecule has 1 aliphatic heterocycles. The molecule has 1 aliphatic rings. The Morgan fingerprint density at radius 3 is 2.66 bits per heavy atom. The molecule has 10 heteroatoms. The number of amides is 2. The third-order valence-electron chi connectivity index (χ3n) is 5.09. The van der Waals surface area contributed by atoms with Crippen LogP contribution in [0.3, 0.4) is 0 Å². The number of hydrogen-bond donors (Lipinski definition) is 2. The molecule has 4 N–H and O–H groups in total. The summed E-state index contributed by atoms with van der Waals surface area (Å²) in [6, 6.07) is 12.3. The van der Waals surface area contributed by atoms with E-state index in [-0.39, 0.29) is 36.7 Å². The molecule has 2 aromatic carbocycles. The lowest BCUT2D eigenvalue weighted by atomic mass is 10.0. The molecule has 3 aromatic rings. The van der Waals surface area contributed by atoms with Gasteiger partial charge in [-0.1, -0.05) is 41.7 Å². The first-order valence-corrected chi connectivity index (χ1v) is 10.6. The first kappa shape index (κ1) is 21.4. The fraction of sp³-hybridized carbons (Fsp3) is 0.182. The van der Waals surface area contributed by atoms with Crippen LogP contribution in [0.15, 0.2) is 59.7 Å². The minimum atomic E-state index is -0.780. The smallest absolute Gasteiger partial charge is 0.255 e. The molecule has 8 nitrogen and oxygen atoms in total. The van der Waals surface area contributed by atoms with Gasteiger partial charge in [-0.15, -0.1) is 0 Å². The molecule has 1 atom stereocenters. The number of halogens is 1. The van der Waals surface area contributed by atoms with Gasteiger partial charge >= 0.3 is 0 Å². The van der Waals surface area contributed by atoms with Gasteiger partial charge in [0.2, 0.25) is 11.0 Å². The predicted molar refractivity (Wildman–Crippen MR) is 120 cm³/mol. The molecule has 2 amide bonds. The topological polar surface area (TPSA) is 118 Å². The molecule has 2 heterocycles. The van der Waals surface area contributed by atoms with Crippen LogP contribution < -0.4 is 11.5 Å². The molecule has 4 rings (SSSR count). The minimum absolute atomic E-state index is 0.106. The number of rotatable bonds is 6. The molecule has 0 radical (unpaired) electrons. The maximum atomic E-state index is 13.5. The van der Waals surface area contributed by atoms with Crippen molar-refractivity contribution in [3.05, 3.63) is 82.1 Å². The standard InChI is InChI=1S/C22H21FN6O2S/c1-28(11-13-6-8-14(23)9-7-13)20(31)18-16-4-2-3-5-17(16)19(30)29(18)12-15-10-26-22(32-15)27-21(24)25/h2-10,18H,11-12H2,1H3,(H4,24,25,26,27). The Bertz CT molecular complexity index is 1190. The van der Waals surface area contributed by atoms with Gasteiger partial charge in [0.15, 0.2) is 5.96 Å². The number of thiazole rings is 1. The van der Waals surface area contributed by atoms with Gasteiger partial charge in [-0.25, -0.2) is 9.37 Å². The largest absolute Gasteiger partial charge is 0.370 e. The number of nitrogens with zero attached hydrogens (tertiary/aromatic N) is 4. The SMILES string of the molecule is CN(Cc1ccc(F)cc1)C(=O)C1c2ccccc2C(=O)N1Cc1cnc(N=C(N)N)s1. The zero-order chi connectivity index (χ0) is 22.8. The van der Waals surface area contributed by atoms with E-state index in [1.54, 1.807) is 49.6 Å². The van der Waals surface area contributed by atoms with E-state index in [0.29, 0.717) is 16.3 Å². The normalized spacial score (nSPS) is 14.9. The Labute approximate surface area is 188 Å². The predicted octanol–water partition coefficient (Wildman–Crippen LogP) is 2.54. The fourth-order valence-electron chi connectivity index (χ4n) is 3.65. The molecular formula is C22H21FN6O2S. The van der Waals surface area contributed by atoms with Gasteiger partial charge in [0.1, 0.15) is 11.9 Å². The summed E-state index contributed by atoms with van der Waals surface area (Å²) in [6.07, 6.45) is 1.59. The molecule has 1 unspecified atom stereocenters. The Hall–Kier alpha value is -3.79. The van der Waals surface area contributed by atoms with E-state index in [9.17, 15) is 14.0 Å². The van der Waals surface area contributed by atoms with Crippen LogP contribution >= 0.6 is 11.3 Å². The average Bonchev–Trinajstić information content (AvgIpc) is 3.31. The van der Waals surface area contributed by atoms with Crippen molar-refractivity contribution >= 4 is 34.2 Å². The van der Waals surface area contributed by atoms with Gasteiger partial charge in [0.25, 0.3) is 5.91 Å². The van der Waals surface area contributed by atoms with E-state index in [1.165, 1.54) is 33.3 Å². The maximum Gasteiger partial charge on any atom is 0.255 e. The number of benzene rings is 2. The molecule has 0 aliphatic carbocycles. The van der Waals surface area contributed by atoms with Crippen molar-refractivity contribution < 1.29 is 14.0 Å². The lowest BCUT2D eigenvalue weighted by Crippen LogP contribution is -2.39. The van der Waals surface area contributed by atoms with Crippen LogP contribution in [0.2, 0.25) is 0 Å². The van der Waals surface area contributed by atoms with Gasteiger partial charge in [-0.2, -0.15) is 4.99 Å². The van der Waals surface area contributed by atoms with Crippen LogP contribution in [-0.4, -0.2) is 39.6 Å². The number of nitrogens with two attached hydrogens (primary N) is 2. The van der Waals surface area contributed by atoms with Gasteiger partial charge in [-0.05, 0) is 29.3 Å². The summed E-state index contributed by atoms with van der Waals surface area (Å²) in [5.74, 6) is -0.910. The lowest BCUT2D eigenvalue weighted by Gasteiger charge is -2.28. The van der Waals surface area contributed by atoms with Crippen LogP contribution in [0.4, 0.5) is 9.52 Å². The van der Waals surface area contributed by atoms with Crippen molar-refractivity contribution in [2.75, 3.05) is 7.05 Å². The van der Waals surface area contributed by atoms with E-state index < -0.39 is 6.04 Å². The summed E-state index contributed by atoms with van der Waals surface area (Å²) in [5.41, 5.74) is 12.7.